The molecular formula is C48H42Br6N18O12S3. The predicted molar refractivity (Wildman–Crippen MR) is 338 cm³/mol. The molecule has 0 saturated carbocycles. The first-order valence-corrected chi connectivity index (χ1v) is 33.3. The molecule has 6 heterocycles. The lowest BCUT2D eigenvalue weighted by Crippen LogP contribution is -2.23. The maximum absolute atomic E-state index is 11.5. The predicted octanol–water partition coefficient (Wildman–Crippen LogP) is 7.60. The number of anilines is 3. The lowest BCUT2D eigenvalue weighted by molar-refractivity contribution is 0.202. The Morgan fingerprint density at radius 2 is 0.529 bits per heavy atom. The van der Waals surface area contributed by atoms with Crippen LogP contribution in [0.2, 0.25) is 0 Å². The first kappa shape index (κ1) is 67.5. The van der Waals surface area contributed by atoms with Crippen LogP contribution in [0, 0.1) is 0 Å². The van der Waals surface area contributed by atoms with Gasteiger partial charge in [0.2, 0.25) is 17.6 Å². The molecule has 456 valence electrons. The van der Waals surface area contributed by atoms with E-state index in [4.69, 9.17) is 43.8 Å². The molecule has 0 aliphatic carbocycles. The molecule has 3 aromatic carbocycles. The largest absolute Gasteiger partial charge is 0.473 e. The summed E-state index contributed by atoms with van der Waals surface area (Å²) in [5, 5.41) is 15.3. The van der Waals surface area contributed by atoms with Crippen molar-refractivity contribution in [1.82, 2.24) is 59.8 Å². The van der Waals surface area contributed by atoms with Crippen LogP contribution in [-0.4, -0.2) is 125 Å². The summed E-state index contributed by atoms with van der Waals surface area (Å²) >= 11 is 19.8. The van der Waals surface area contributed by atoms with Crippen LogP contribution in [0.1, 0.15) is 0 Å². The highest BCUT2D eigenvalue weighted by Crippen LogP contribution is 2.37. The van der Waals surface area contributed by atoms with E-state index < -0.39 is 30.6 Å². The maximum Gasteiger partial charge on any atom is 0.316 e. The van der Waals surface area contributed by atoms with Gasteiger partial charge in [0.25, 0.3) is 30.6 Å². The minimum Gasteiger partial charge on any atom is -0.473 e. The quantitative estimate of drug-likeness (QED) is 0.0317. The fourth-order valence-corrected chi connectivity index (χ4v) is 9.32. The summed E-state index contributed by atoms with van der Waals surface area (Å²) in [6.07, 6.45) is 12.9. The molecule has 0 spiro atoms. The number of rotatable bonds is 24. The first-order valence-electron chi connectivity index (χ1n) is 23.9. The summed E-state index contributed by atoms with van der Waals surface area (Å²) in [7, 11) is -12.1. The molecule has 30 nitrogen and oxygen atoms in total. The molecule has 9 aromatic rings. The van der Waals surface area contributed by atoms with Crippen LogP contribution in [-0.2, 0) is 30.6 Å². The van der Waals surface area contributed by atoms with E-state index in [1.807, 2.05) is 0 Å². The van der Waals surface area contributed by atoms with E-state index in [0.717, 1.165) is 26.8 Å². The van der Waals surface area contributed by atoms with E-state index in [-0.39, 0.29) is 92.8 Å². The van der Waals surface area contributed by atoms with Crippen LogP contribution in [0.4, 0.5) is 17.5 Å². The SMILES string of the molecule is NS(=O)(=O)Nc1ncnc(OCCOc2ncc(Br)cn2)c1-c1ccc(Br)cc1.NS(=O)(=O)Nc1ncnc(OCCOc2ncc(Br)cn2)c1-c1ccc(Br)cc1.NS(=O)(=O)Nc1ncnc(OCCOc2ncc(Br)cn2)c1-c1ccc(Br)cc1. The Hall–Kier alpha value is -7.05. The van der Waals surface area contributed by atoms with Crippen molar-refractivity contribution in [2.45, 2.75) is 0 Å². The minimum atomic E-state index is -4.05. The zero-order valence-corrected chi connectivity index (χ0v) is 55.8. The molecule has 6 aromatic heterocycles. The second-order valence-electron chi connectivity index (χ2n) is 16.3. The smallest absolute Gasteiger partial charge is 0.316 e. The van der Waals surface area contributed by atoms with Crippen LogP contribution in [0.5, 0.6) is 35.7 Å². The van der Waals surface area contributed by atoms with Crippen molar-refractivity contribution in [3.05, 3.63) is 156 Å². The number of hydrogen-bond acceptors (Lipinski definition) is 24. The molecule has 0 unspecified atom stereocenters. The van der Waals surface area contributed by atoms with Gasteiger partial charge in [0.05, 0.1) is 30.1 Å². The maximum atomic E-state index is 11.5. The van der Waals surface area contributed by atoms with E-state index in [1.165, 1.54) is 19.0 Å². The van der Waals surface area contributed by atoms with Gasteiger partial charge in [0.1, 0.15) is 58.6 Å². The summed E-state index contributed by atoms with van der Waals surface area (Å²) < 4.78 is 114. The van der Waals surface area contributed by atoms with Crippen molar-refractivity contribution in [2.75, 3.05) is 53.8 Å². The Labute approximate surface area is 546 Å². The number of nitrogens with two attached hydrogens (primary N) is 3. The third-order valence-corrected chi connectivity index (χ3v) is 14.3. The number of nitrogens with zero attached hydrogens (tertiary/aromatic N) is 12. The van der Waals surface area contributed by atoms with Gasteiger partial charge in [-0.05, 0) is 101 Å². The Kier molecular flexibility index (Phi) is 25.0. The highest BCUT2D eigenvalue weighted by atomic mass is 79.9. The molecule has 0 aliphatic rings. The van der Waals surface area contributed by atoms with Gasteiger partial charge in [-0.15, -0.1) is 0 Å². The summed E-state index contributed by atoms with van der Waals surface area (Å²) in [4.78, 5) is 48.2. The van der Waals surface area contributed by atoms with E-state index >= 15 is 0 Å². The molecule has 0 fully saturated rings. The van der Waals surface area contributed by atoms with Crippen LogP contribution in [0.3, 0.4) is 0 Å². The van der Waals surface area contributed by atoms with Crippen LogP contribution in [0.15, 0.2) is 156 Å². The average molecular weight is 1640 g/mol. The number of aromatic nitrogens is 12. The molecule has 87 heavy (non-hydrogen) atoms. The summed E-state index contributed by atoms with van der Waals surface area (Å²) in [5.74, 6) is 0.474. The second kappa shape index (κ2) is 32.3. The highest BCUT2D eigenvalue weighted by Gasteiger charge is 2.22. The Morgan fingerprint density at radius 3 is 0.747 bits per heavy atom. The summed E-state index contributed by atoms with van der Waals surface area (Å²) in [6.45, 7) is 0.744. The second-order valence-corrected chi connectivity index (χ2v) is 25.7. The van der Waals surface area contributed by atoms with Gasteiger partial charge in [-0.25, -0.2) is 75.2 Å². The van der Waals surface area contributed by atoms with Crippen molar-refractivity contribution in [1.29, 1.82) is 0 Å². The number of benzene rings is 3. The van der Waals surface area contributed by atoms with E-state index in [9.17, 15) is 25.3 Å². The summed E-state index contributed by atoms with van der Waals surface area (Å²) in [6, 6.07) is 21.9. The van der Waals surface area contributed by atoms with Gasteiger partial charge in [-0.2, -0.15) is 25.3 Å². The fraction of sp³-hybridized carbons (Fsp3) is 0.125. The molecule has 0 aliphatic heterocycles. The topological polar surface area (TPSA) is 427 Å². The fourth-order valence-electron chi connectivity index (χ4n) is 6.64. The van der Waals surface area contributed by atoms with Gasteiger partial charge in [-0.3, -0.25) is 14.2 Å². The van der Waals surface area contributed by atoms with Gasteiger partial charge in [-0.1, -0.05) is 84.2 Å². The monoisotopic (exact) mass is 1630 g/mol. The highest BCUT2D eigenvalue weighted by molar-refractivity contribution is 9.11. The van der Waals surface area contributed by atoms with E-state index in [2.05, 4.69) is 170 Å². The molecular weight excluding hydrogens is 1600 g/mol. The Morgan fingerprint density at radius 1 is 0.310 bits per heavy atom. The molecule has 0 bridgehead atoms. The lowest BCUT2D eigenvalue weighted by Gasteiger charge is -2.14. The molecule has 0 saturated heterocycles. The van der Waals surface area contributed by atoms with Crippen LogP contribution in [0.25, 0.3) is 33.4 Å². The van der Waals surface area contributed by atoms with Crippen molar-refractivity contribution < 1.29 is 53.7 Å². The van der Waals surface area contributed by atoms with Crippen molar-refractivity contribution in [3.63, 3.8) is 0 Å². The average Bonchev–Trinajstić information content (AvgIpc) is 2.17. The standard InChI is InChI=1S/3C16H14Br2N6O4S/c3*17-11-3-1-10(2-4-11)13-14(24-29(19,25)26)22-9-23-15(13)27-5-6-28-16-20-7-12(18)8-21-16/h3*1-4,7-9H,5-6H2,(H2,19,25,26)(H,22,23,24). The van der Waals surface area contributed by atoms with Crippen molar-refractivity contribution >= 4 is 144 Å². The van der Waals surface area contributed by atoms with Crippen molar-refractivity contribution in [3.8, 4) is 69.1 Å². The van der Waals surface area contributed by atoms with Gasteiger partial charge in [0, 0.05) is 50.6 Å². The molecule has 39 heteroatoms. The zero-order chi connectivity index (χ0) is 62.6. The molecule has 0 atom stereocenters. The Balaban J connectivity index is 0.000000186. The third-order valence-electron chi connectivity index (χ3n) is 10.0. The van der Waals surface area contributed by atoms with Crippen LogP contribution >= 0.6 is 95.6 Å². The number of halogens is 6. The van der Waals surface area contributed by atoms with Crippen molar-refractivity contribution in [2.24, 2.45) is 15.4 Å². The normalized spacial score (nSPS) is 11.1. The number of nitrogens with one attached hydrogen (secondary N) is 3. The molecule has 0 amide bonds. The van der Waals surface area contributed by atoms with Crippen LogP contribution < -0.4 is 58.0 Å². The zero-order valence-electron chi connectivity index (χ0n) is 43.9. The van der Waals surface area contributed by atoms with Gasteiger partial charge in [0.15, 0.2) is 17.5 Å². The number of hydrogen-bond donors (Lipinski definition) is 6. The third kappa shape index (κ3) is 22.9. The molecule has 9 N–H and O–H groups in total. The number of ether oxygens (including phenoxy) is 6. The molecule has 0 radical (unpaired) electrons. The Bertz CT molecular complexity index is 3660. The van der Waals surface area contributed by atoms with Gasteiger partial charge < -0.3 is 28.4 Å². The van der Waals surface area contributed by atoms with E-state index in [0.29, 0.717) is 33.4 Å². The van der Waals surface area contributed by atoms with E-state index in [1.54, 1.807) is 110 Å². The first-order chi connectivity index (χ1) is 41.4. The molecule has 9 rings (SSSR count). The minimum absolute atomic E-state index is 0.00279. The lowest BCUT2D eigenvalue weighted by atomic mass is 10.1. The van der Waals surface area contributed by atoms with Gasteiger partial charge >= 0.3 is 18.0 Å². The summed E-state index contributed by atoms with van der Waals surface area (Å²) in [5.41, 5.74) is 2.92.